The molecule has 1 saturated heterocycles. The molecule has 1 fully saturated rings. The van der Waals surface area contributed by atoms with Gasteiger partial charge < -0.3 is 20.1 Å². The van der Waals surface area contributed by atoms with Crippen molar-refractivity contribution in [1.29, 1.82) is 0 Å². The minimum Gasteiger partial charge on any atom is -0.394 e. The van der Waals surface area contributed by atoms with Crippen LogP contribution in [0, 0.1) is 0 Å². The second-order valence-corrected chi connectivity index (χ2v) is 7.48. The molecule has 4 atom stereocenters. The summed E-state index contributed by atoms with van der Waals surface area (Å²) >= 11 is 0. The molecule has 33 heavy (non-hydrogen) atoms. The number of imidazole rings is 1. The average Bonchev–Trinajstić information content (AvgIpc) is 3.41. The van der Waals surface area contributed by atoms with Crippen molar-refractivity contribution in [3.63, 3.8) is 0 Å². The van der Waals surface area contributed by atoms with E-state index in [-0.39, 0.29) is 0 Å². The van der Waals surface area contributed by atoms with Crippen molar-refractivity contribution in [2.45, 2.75) is 24.5 Å². The topological polar surface area (TPSA) is 151 Å². The zero-order valence-electron chi connectivity index (χ0n) is 17.3. The molecule has 0 radical (unpaired) electrons. The molecule has 168 valence electrons. The first-order valence-electron chi connectivity index (χ1n) is 10.3. The van der Waals surface area contributed by atoms with Crippen molar-refractivity contribution in [1.82, 2.24) is 24.5 Å². The zero-order valence-corrected chi connectivity index (χ0v) is 17.3. The standard InChI is InChI=1S/C22H21N7O4/c30-10-16-18(31)19(32)22(33-16)29-12-26-17-20(24-11-25-21(17)29)28-27-9-13-4-6-14(7-5-13)15-3-1-2-8-23-15/h1-9,11-12,16,18-19,22,30-32H,10H2,(H,24,25,28)/b27-9+. The van der Waals surface area contributed by atoms with Gasteiger partial charge in [0.1, 0.15) is 24.6 Å². The fourth-order valence-corrected chi connectivity index (χ4v) is 3.67. The quantitative estimate of drug-likeness (QED) is 0.250. The third-order valence-corrected chi connectivity index (χ3v) is 5.41. The van der Waals surface area contributed by atoms with Crippen molar-refractivity contribution in [3.05, 3.63) is 66.9 Å². The van der Waals surface area contributed by atoms with E-state index in [4.69, 9.17) is 4.74 Å². The Bertz CT molecular complexity index is 1260. The molecule has 0 aliphatic carbocycles. The molecule has 4 aromatic rings. The molecule has 4 heterocycles. The fourth-order valence-electron chi connectivity index (χ4n) is 3.67. The first kappa shape index (κ1) is 21.1. The molecule has 0 spiro atoms. The molecular formula is C22H21N7O4. The lowest BCUT2D eigenvalue weighted by Gasteiger charge is -2.16. The molecule has 0 bridgehead atoms. The van der Waals surface area contributed by atoms with Crippen LogP contribution in [0.1, 0.15) is 11.8 Å². The number of hydrogen-bond acceptors (Lipinski definition) is 10. The number of anilines is 1. The Morgan fingerprint density at radius 2 is 1.88 bits per heavy atom. The molecule has 1 aliphatic rings. The van der Waals surface area contributed by atoms with Gasteiger partial charge in [0, 0.05) is 11.8 Å². The van der Waals surface area contributed by atoms with E-state index in [1.165, 1.54) is 17.2 Å². The number of rotatable bonds is 6. The summed E-state index contributed by atoms with van der Waals surface area (Å²) in [6.07, 6.45) is 1.89. The normalized spacial score (nSPS) is 22.9. The number of pyridine rings is 1. The first-order chi connectivity index (χ1) is 16.2. The third kappa shape index (κ3) is 4.05. The van der Waals surface area contributed by atoms with Gasteiger partial charge in [0.2, 0.25) is 0 Å². The number of ether oxygens (including phenoxy) is 1. The summed E-state index contributed by atoms with van der Waals surface area (Å²) in [5.41, 5.74) is 6.45. The number of aliphatic hydroxyl groups is 3. The van der Waals surface area contributed by atoms with Crippen LogP contribution >= 0.6 is 0 Å². The van der Waals surface area contributed by atoms with Gasteiger partial charge >= 0.3 is 0 Å². The van der Waals surface area contributed by atoms with Crippen LogP contribution in [-0.4, -0.2) is 71.0 Å². The maximum absolute atomic E-state index is 10.3. The van der Waals surface area contributed by atoms with Gasteiger partial charge in [-0.1, -0.05) is 30.3 Å². The van der Waals surface area contributed by atoms with E-state index >= 15 is 0 Å². The summed E-state index contributed by atoms with van der Waals surface area (Å²) in [6.45, 7) is -0.416. The van der Waals surface area contributed by atoms with Crippen molar-refractivity contribution < 1.29 is 20.1 Å². The summed E-state index contributed by atoms with van der Waals surface area (Å²) in [6, 6.07) is 13.6. The lowest BCUT2D eigenvalue weighted by Crippen LogP contribution is -2.33. The largest absolute Gasteiger partial charge is 0.394 e. The highest BCUT2D eigenvalue weighted by atomic mass is 16.6. The number of benzene rings is 1. The number of nitrogens with zero attached hydrogens (tertiary/aromatic N) is 6. The molecule has 11 nitrogen and oxygen atoms in total. The van der Waals surface area contributed by atoms with Crippen molar-refractivity contribution in [3.8, 4) is 11.3 Å². The van der Waals surface area contributed by atoms with Gasteiger partial charge in [0.05, 0.1) is 24.8 Å². The van der Waals surface area contributed by atoms with E-state index in [1.54, 1.807) is 12.4 Å². The highest BCUT2D eigenvalue weighted by Crippen LogP contribution is 2.32. The van der Waals surface area contributed by atoms with Crippen LogP contribution < -0.4 is 5.43 Å². The third-order valence-electron chi connectivity index (χ3n) is 5.41. The molecule has 4 N–H and O–H groups in total. The highest BCUT2D eigenvalue weighted by Gasteiger charge is 2.44. The van der Waals surface area contributed by atoms with Crippen molar-refractivity contribution in [2.24, 2.45) is 5.10 Å². The molecule has 5 rings (SSSR count). The molecular weight excluding hydrogens is 426 g/mol. The van der Waals surface area contributed by atoms with Gasteiger partial charge in [0.15, 0.2) is 23.2 Å². The number of nitrogens with one attached hydrogen (secondary N) is 1. The van der Waals surface area contributed by atoms with Gasteiger partial charge in [-0.2, -0.15) is 5.10 Å². The molecule has 0 amide bonds. The maximum Gasteiger partial charge on any atom is 0.177 e. The number of aromatic nitrogens is 5. The Morgan fingerprint density at radius 1 is 1.03 bits per heavy atom. The first-order valence-corrected chi connectivity index (χ1v) is 10.3. The summed E-state index contributed by atoms with van der Waals surface area (Å²) in [5.74, 6) is 0.367. The molecule has 4 unspecified atom stereocenters. The molecule has 3 aromatic heterocycles. The van der Waals surface area contributed by atoms with Gasteiger partial charge in [-0.3, -0.25) is 15.0 Å². The van der Waals surface area contributed by atoms with E-state index in [9.17, 15) is 15.3 Å². The minimum absolute atomic E-state index is 0.367. The van der Waals surface area contributed by atoms with E-state index < -0.39 is 31.1 Å². The summed E-state index contributed by atoms with van der Waals surface area (Å²) in [5, 5.41) is 33.9. The predicted octanol–water partition coefficient (Wildman–Crippen LogP) is 0.946. The van der Waals surface area contributed by atoms with Crippen LogP contribution in [0.25, 0.3) is 22.4 Å². The van der Waals surface area contributed by atoms with E-state index in [0.29, 0.717) is 17.0 Å². The zero-order chi connectivity index (χ0) is 22.8. The molecule has 1 aliphatic heterocycles. The molecule has 11 heteroatoms. The Balaban J connectivity index is 1.32. The van der Waals surface area contributed by atoms with E-state index in [0.717, 1.165) is 16.8 Å². The maximum atomic E-state index is 10.3. The van der Waals surface area contributed by atoms with E-state index in [1.807, 2.05) is 42.5 Å². The number of hydrogen-bond donors (Lipinski definition) is 4. The SMILES string of the molecule is OCC1OC(n2cnc3c(N/N=C/c4ccc(-c5ccccn5)cc4)ncnc32)C(O)C1O. The lowest BCUT2D eigenvalue weighted by atomic mass is 10.1. The lowest BCUT2D eigenvalue weighted by molar-refractivity contribution is -0.0511. The second kappa shape index (κ2) is 9.00. The second-order valence-electron chi connectivity index (χ2n) is 7.48. The Morgan fingerprint density at radius 3 is 2.61 bits per heavy atom. The van der Waals surface area contributed by atoms with Gasteiger partial charge in [-0.25, -0.2) is 15.0 Å². The molecule has 0 saturated carbocycles. The highest BCUT2D eigenvalue weighted by molar-refractivity contribution is 5.85. The fraction of sp³-hybridized carbons (Fsp3) is 0.227. The van der Waals surface area contributed by atoms with Crippen LogP contribution in [0.15, 0.2) is 66.4 Å². The Hall–Kier alpha value is -3.77. The monoisotopic (exact) mass is 447 g/mol. The average molecular weight is 447 g/mol. The van der Waals surface area contributed by atoms with Gasteiger partial charge in [-0.15, -0.1) is 0 Å². The Kier molecular flexibility index (Phi) is 5.75. The number of aliphatic hydroxyl groups excluding tert-OH is 3. The summed E-state index contributed by atoms with van der Waals surface area (Å²) in [4.78, 5) is 17.0. The van der Waals surface area contributed by atoms with Crippen LogP contribution in [-0.2, 0) is 4.74 Å². The van der Waals surface area contributed by atoms with Crippen molar-refractivity contribution in [2.75, 3.05) is 12.0 Å². The van der Waals surface area contributed by atoms with Crippen LogP contribution in [0.4, 0.5) is 5.82 Å². The van der Waals surface area contributed by atoms with E-state index in [2.05, 4.69) is 30.5 Å². The van der Waals surface area contributed by atoms with Crippen LogP contribution in [0.2, 0.25) is 0 Å². The summed E-state index contributed by atoms with van der Waals surface area (Å²) < 4.78 is 7.06. The molecule has 1 aromatic carbocycles. The van der Waals surface area contributed by atoms with Gasteiger partial charge in [-0.05, 0) is 17.7 Å². The predicted molar refractivity (Wildman–Crippen MR) is 119 cm³/mol. The Labute approximate surface area is 188 Å². The number of hydrazone groups is 1. The smallest absolute Gasteiger partial charge is 0.177 e. The summed E-state index contributed by atoms with van der Waals surface area (Å²) in [7, 11) is 0. The van der Waals surface area contributed by atoms with Crippen molar-refractivity contribution >= 4 is 23.2 Å². The minimum atomic E-state index is -1.24. The van der Waals surface area contributed by atoms with Crippen LogP contribution in [0.3, 0.4) is 0 Å². The van der Waals surface area contributed by atoms with Crippen LogP contribution in [0.5, 0.6) is 0 Å². The number of fused-ring (bicyclic) bond motifs is 1. The van der Waals surface area contributed by atoms with Gasteiger partial charge in [0.25, 0.3) is 0 Å².